The number of benzene rings is 2. The van der Waals surface area contributed by atoms with Gasteiger partial charge in [0.2, 0.25) is 17.7 Å². The molecule has 0 unspecified atom stereocenters. The van der Waals surface area contributed by atoms with Crippen molar-refractivity contribution in [3.63, 3.8) is 0 Å². The molecule has 0 fully saturated rings. The van der Waals surface area contributed by atoms with Crippen molar-refractivity contribution in [3.05, 3.63) is 71.8 Å². The maximum Gasteiger partial charge on any atom is 0.451 e. The topological polar surface area (TPSA) is 84.7 Å². The summed E-state index contributed by atoms with van der Waals surface area (Å²) in [6.45, 7) is 2.45. The lowest BCUT2D eigenvalue weighted by molar-refractivity contribution is -0.147. The number of hydrogen-bond acceptors (Lipinski definition) is 7. The van der Waals surface area contributed by atoms with Crippen LogP contribution in [0.5, 0.6) is 0 Å². The number of rotatable bonds is 4. The summed E-state index contributed by atoms with van der Waals surface area (Å²) in [5.41, 5.74) is 2.73. The molecular weight excluding hydrogens is 433 g/mol. The molecule has 0 saturated heterocycles. The van der Waals surface area contributed by atoms with Gasteiger partial charge in [0.1, 0.15) is 0 Å². The predicted octanol–water partition coefficient (Wildman–Crippen LogP) is 4.22. The number of hydrogen-bond donors (Lipinski definition) is 1. The summed E-state index contributed by atoms with van der Waals surface area (Å²) in [7, 11) is 0. The van der Waals surface area contributed by atoms with Gasteiger partial charge in [-0.05, 0) is 19.1 Å². The molecule has 8 nitrogen and oxygen atoms in total. The Morgan fingerprint density at radius 3 is 2.36 bits per heavy atom. The molecule has 0 aliphatic carbocycles. The highest BCUT2D eigenvalue weighted by atomic mass is 19.4. The molecule has 5 rings (SSSR count). The number of aryl methyl sites for hydroxylation is 1. The van der Waals surface area contributed by atoms with E-state index in [9.17, 15) is 13.2 Å². The Bertz CT molecular complexity index is 1270. The van der Waals surface area contributed by atoms with Crippen LogP contribution in [-0.2, 0) is 19.3 Å². The van der Waals surface area contributed by atoms with E-state index in [0.717, 1.165) is 21.4 Å². The highest BCUT2D eigenvalue weighted by Gasteiger charge is 2.39. The molecule has 0 atom stereocenters. The van der Waals surface area contributed by atoms with Crippen molar-refractivity contribution < 1.29 is 13.2 Å². The maximum absolute atomic E-state index is 13.2. The smallest absolute Gasteiger partial charge is 0.331 e. The summed E-state index contributed by atoms with van der Waals surface area (Å²) < 4.78 is 40.6. The molecule has 3 heterocycles. The summed E-state index contributed by atoms with van der Waals surface area (Å²) in [4.78, 5) is 15.5. The SMILES string of the molecule is Cc1ccc(Nc2nc(-c3ccccc3)nc(N3CCn4c(nnc4C(F)(F)F)C3)n2)cc1. The van der Waals surface area contributed by atoms with Crippen molar-refractivity contribution >= 4 is 17.6 Å². The third kappa shape index (κ3) is 4.34. The van der Waals surface area contributed by atoms with Crippen molar-refractivity contribution in [2.45, 2.75) is 26.2 Å². The van der Waals surface area contributed by atoms with Gasteiger partial charge in [-0.2, -0.15) is 28.1 Å². The number of alkyl halides is 3. The predicted molar refractivity (Wildman–Crippen MR) is 116 cm³/mol. The molecule has 168 valence electrons. The molecule has 1 aliphatic heterocycles. The third-order valence-corrected chi connectivity index (χ3v) is 5.25. The van der Waals surface area contributed by atoms with Gasteiger partial charge in [-0.1, -0.05) is 48.0 Å². The monoisotopic (exact) mass is 452 g/mol. The van der Waals surface area contributed by atoms with E-state index in [0.29, 0.717) is 17.7 Å². The van der Waals surface area contributed by atoms with Crippen LogP contribution in [0.15, 0.2) is 54.6 Å². The molecule has 2 aromatic carbocycles. The minimum atomic E-state index is -4.55. The second-order valence-corrected chi connectivity index (χ2v) is 7.65. The van der Waals surface area contributed by atoms with E-state index in [-0.39, 0.29) is 25.5 Å². The number of nitrogens with one attached hydrogen (secondary N) is 1. The van der Waals surface area contributed by atoms with Crippen molar-refractivity contribution in [2.75, 3.05) is 16.8 Å². The van der Waals surface area contributed by atoms with E-state index in [2.05, 4.69) is 30.5 Å². The lowest BCUT2D eigenvalue weighted by atomic mass is 10.2. The first-order chi connectivity index (χ1) is 15.9. The van der Waals surface area contributed by atoms with Gasteiger partial charge in [0, 0.05) is 24.3 Å². The summed E-state index contributed by atoms with van der Waals surface area (Å²) in [5.74, 6) is 0.369. The van der Waals surface area contributed by atoms with Gasteiger partial charge in [-0.25, -0.2) is 0 Å². The summed E-state index contributed by atoms with van der Waals surface area (Å²) in [6, 6.07) is 17.2. The summed E-state index contributed by atoms with van der Waals surface area (Å²) in [6.07, 6.45) is -4.55. The second-order valence-electron chi connectivity index (χ2n) is 7.65. The van der Waals surface area contributed by atoms with E-state index < -0.39 is 12.0 Å². The summed E-state index contributed by atoms with van der Waals surface area (Å²) in [5, 5.41) is 10.3. The van der Waals surface area contributed by atoms with E-state index in [4.69, 9.17) is 0 Å². The van der Waals surface area contributed by atoms with Gasteiger partial charge < -0.3 is 14.8 Å². The molecule has 11 heteroatoms. The Hall–Kier alpha value is -4.02. The van der Waals surface area contributed by atoms with E-state index in [1.807, 2.05) is 61.5 Å². The molecular formula is C22H19F3N8. The quantitative estimate of drug-likeness (QED) is 0.496. The van der Waals surface area contributed by atoms with Crippen LogP contribution in [-0.4, -0.2) is 36.3 Å². The van der Waals surface area contributed by atoms with E-state index in [1.54, 1.807) is 4.90 Å². The minimum Gasteiger partial charge on any atom is -0.331 e. The van der Waals surface area contributed by atoms with Crippen LogP contribution in [0.3, 0.4) is 0 Å². The molecule has 1 N–H and O–H groups in total. The fourth-order valence-corrected chi connectivity index (χ4v) is 3.58. The van der Waals surface area contributed by atoms with Crippen molar-refractivity contribution in [1.82, 2.24) is 29.7 Å². The van der Waals surface area contributed by atoms with Crippen molar-refractivity contribution in [3.8, 4) is 11.4 Å². The van der Waals surface area contributed by atoms with Crippen LogP contribution < -0.4 is 10.2 Å². The zero-order valence-corrected chi connectivity index (χ0v) is 17.6. The first kappa shape index (κ1) is 20.9. The third-order valence-electron chi connectivity index (χ3n) is 5.25. The Labute approximate surface area is 187 Å². The lowest BCUT2D eigenvalue weighted by Crippen LogP contribution is -2.36. The average molecular weight is 452 g/mol. The normalized spacial score (nSPS) is 13.6. The molecule has 0 amide bonds. The van der Waals surface area contributed by atoms with Crippen LogP contribution in [0.4, 0.5) is 30.8 Å². The summed E-state index contributed by atoms with van der Waals surface area (Å²) >= 11 is 0. The molecule has 0 saturated carbocycles. The maximum atomic E-state index is 13.2. The van der Waals surface area contributed by atoms with Crippen LogP contribution in [0.25, 0.3) is 11.4 Å². The van der Waals surface area contributed by atoms with E-state index in [1.165, 1.54) is 0 Å². The zero-order chi connectivity index (χ0) is 23.0. The zero-order valence-electron chi connectivity index (χ0n) is 17.6. The molecule has 0 spiro atoms. The van der Waals surface area contributed by atoms with Gasteiger partial charge in [-0.3, -0.25) is 0 Å². The van der Waals surface area contributed by atoms with Crippen molar-refractivity contribution in [2.24, 2.45) is 0 Å². The highest BCUT2D eigenvalue weighted by Crippen LogP contribution is 2.30. The number of anilines is 3. The van der Waals surface area contributed by atoms with Gasteiger partial charge in [0.15, 0.2) is 11.6 Å². The fraction of sp³-hybridized carbons (Fsp3) is 0.227. The van der Waals surface area contributed by atoms with Crippen LogP contribution >= 0.6 is 0 Å². The molecule has 0 radical (unpaired) electrons. The first-order valence-electron chi connectivity index (χ1n) is 10.3. The van der Waals surface area contributed by atoms with Crippen molar-refractivity contribution in [1.29, 1.82) is 0 Å². The Morgan fingerprint density at radius 2 is 1.64 bits per heavy atom. The number of halogens is 3. The Kier molecular flexibility index (Phi) is 5.15. The molecule has 0 bridgehead atoms. The Balaban J connectivity index is 1.50. The number of aromatic nitrogens is 6. The van der Waals surface area contributed by atoms with Gasteiger partial charge in [0.05, 0.1) is 6.54 Å². The lowest BCUT2D eigenvalue weighted by Gasteiger charge is -2.28. The standard InChI is InChI=1S/C22H19F3N8/c1-14-7-9-16(10-8-14)26-20-27-18(15-5-3-2-4-6-15)28-21(29-20)32-11-12-33-17(13-32)30-31-19(33)22(23,24)25/h2-10H,11-13H2,1H3,(H,26,27,28,29). The average Bonchev–Trinajstić information content (AvgIpc) is 3.25. The number of nitrogens with zero attached hydrogens (tertiary/aromatic N) is 7. The van der Waals surface area contributed by atoms with Gasteiger partial charge in [0.25, 0.3) is 0 Å². The highest BCUT2D eigenvalue weighted by molar-refractivity contribution is 5.61. The molecule has 4 aromatic rings. The van der Waals surface area contributed by atoms with Gasteiger partial charge in [-0.15, -0.1) is 10.2 Å². The fourth-order valence-electron chi connectivity index (χ4n) is 3.58. The number of fused-ring (bicyclic) bond motifs is 1. The largest absolute Gasteiger partial charge is 0.451 e. The molecule has 33 heavy (non-hydrogen) atoms. The first-order valence-corrected chi connectivity index (χ1v) is 10.3. The van der Waals surface area contributed by atoms with Crippen LogP contribution in [0.2, 0.25) is 0 Å². The second kappa shape index (κ2) is 8.15. The molecule has 2 aromatic heterocycles. The van der Waals surface area contributed by atoms with Crippen LogP contribution in [0, 0.1) is 6.92 Å². The molecule has 1 aliphatic rings. The van der Waals surface area contributed by atoms with E-state index >= 15 is 0 Å². The van der Waals surface area contributed by atoms with Crippen LogP contribution in [0.1, 0.15) is 17.2 Å². The Morgan fingerprint density at radius 1 is 0.879 bits per heavy atom. The van der Waals surface area contributed by atoms with Gasteiger partial charge >= 0.3 is 6.18 Å². The minimum absolute atomic E-state index is 0.0737.